The van der Waals surface area contributed by atoms with Crippen LogP contribution in [0.15, 0.2) is 24.7 Å². The number of aromatic amines is 1. The highest BCUT2D eigenvalue weighted by molar-refractivity contribution is 7.89. The van der Waals surface area contributed by atoms with Crippen molar-refractivity contribution in [2.45, 2.75) is 40.2 Å². The molecule has 0 spiro atoms. The highest BCUT2D eigenvalue weighted by Gasteiger charge is 2.31. The van der Waals surface area contributed by atoms with Gasteiger partial charge in [-0.25, -0.2) is 36.9 Å². The smallest absolute Gasteiger partial charge is 0.213 e. The van der Waals surface area contributed by atoms with Crippen LogP contribution in [0.1, 0.15) is 34.1 Å². The lowest BCUT2D eigenvalue weighted by atomic mass is 9.88. The third-order valence-electron chi connectivity index (χ3n) is 4.80. The predicted octanol–water partition coefficient (Wildman–Crippen LogP) is 3.45. The molecule has 11 heteroatoms. The van der Waals surface area contributed by atoms with Crippen molar-refractivity contribution in [3.05, 3.63) is 36.3 Å². The fourth-order valence-corrected chi connectivity index (χ4v) is 4.63. The molecule has 0 aliphatic carbocycles. The van der Waals surface area contributed by atoms with Gasteiger partial charge in [0.05, 0.1) is 18.1 Å². The fourth-order valence-electron chi connectivity index (χ4n) is 2.97. The molecular weight excluding hydrogens is 426 g/mol. The first kappa shape index (κ1) is 23.0. The molecule has 0 aliphatic heterocycles. The molecule has 0 bridgehead atoms. The Hall–Kier alpha value is -2.66. The average molecular weight is 453 g/mol. The number of nitrogens with zero attached hydrogens (tertiary/aromatic N) is 3. The molecule has 3 N–H and O–H groups in total. The minimum Gasteiger partial charge on any atom is -0.363 e. The Kier molecular flexibility index (Phi) is 6.56. The molecule has 31 heavy (non-hydrogen) atoms. The number of halogens is 2. The molecule has 3 heterocycles. The van der Waals surface area contributed by atoms with Gasteiger partial charge in [-0.2, -0.15) is 0 Å². The highest BCUT2D eigenvalue weighted by atomic mass is 32.2. The van der Waals surface area contributed by atoms with E-state index in [1.807, 2.05) is 27.7 Å². The molecule has 0 aromatic carbocycles. The number of rotatable bonds is 8. The van der Waals surface area contributed by atoms with Gasteiger partial charge in [0.2, 0.25) is 10.0 Å². The van der Waals surface area contributed by atoms with Crippen LogP contribution in [0.5, 0.6) is 0 Å². The molecule has 3 aromatic heterocycles. The van der Waals surface area contributed by atoms with E-state index in [0.29, 0.717) is 29.6 Å². The summed E-state index contributed by atoms with van der Waals surface area (Å²) in [4.78, 5) is 15.1. The summed E-state index contributed by atoms with van der Waals surface area (Å²) >= 11 is 0. The quantitative estimate of drug-likeness (QED) is 0.483. The van der Waals surface area contributed by atoms with Crippen molar-refractivity contribution in [1.82, 2.24) is 24.7 Å². The van der Waals surface area contributed by atoms with E-state index in [0.717, 1.165) is 12.4 Å². The van der Waals surface area contributed by atoms with E-state index in [1.165, 1.54) is 6.07 Å². The summed E-state index contributed by atoms with van der Waals surface area (Å²) in [6, 6.07) is 0.652. The first-order valence-corrected chi connectivity index (χ1v) is 11.5. The Morgan fingerprint density at radius 2 is 1.94 bits per heavy atom. The van der Waals surface area contributed by atoms with Crippen LogP contribution in [0.2, 0.25) is 0 Å². The zero-order valence-corrected chi connectivity index (χ0v) is 18.6. The van der Waals surface area contributed by atoms with Crippen LogP contribution in [0.25, 0.3) is 22.4 Å². The summed E-state index contributed by atoms with van der Waals surface area (Å²) in [5, 5.41) is 3.39. The Balaban J connectivity index is 1.95. The van der Waals surface area contributed by atoms with Gasteiger partial charge in [0.1, 0.15) is 11.5 Å². The van der Waals surface area contributed by atoms with Gasteiger partial charge in [-0.05, 0) is 17.9 Å². The number of pyridine rings is 1. The van der Waals surface area contributed by atoms with E-state index in [9.17, 15) is 17.2 Å². The van der Waals surface area contributed by atoms with Crippen molar-refractivity contribution in [1.29, 1.82) is 0 Å². The molecule has 0 saturated heterocycles. The van der Waals surface area contributed by atoms with E-state index < -0.39 is 33.1 Å². The monoisotopic (exact) mass is 452 g/mol. The molecule has 1 unspecified atom stereocenters. The van der Waals surface area contributed by atoms with Crippen LogP contribution < -0.4 is 10.0 Å². The van der Waals surface area contributed by atoms with Crippen molar-refractivity contribution in [2.75, 3.05) is 17.6 Å². The highest BCUT2D eigenvalue weighted by Crippen LogP contribution is 2.29. The largest absolute Gasteiger partial charge is 0.363 e. The number of fused-ring (bicyclic) bond motifs is 1. The number of sulfonamides is 1. The molecule has 0 radical (unpaired) electrons. The molecule has 1 atom stereocenters. The second-order valence-corrected chi connectivity index (χ2v) is 10.2. The number of anilines is 1. The van der Waals surface area contributed by atoms with Gasteiger partial charge in [-0.1, -0.05) is 27.7 Å². The Morgan fingerprint density at radius 3 is 2.61 bits per heavy atom. The first-order valence-electron chi connectivity index (χ1n) is 9.89. The number of nitrogens with one attached hydrogen (secondary N) is 3. The molecule has 0 amide bonds. The van der Waals surface area contributed by atoms with Crippen LogP contribution >= 0.6 is 0 Å². The van der Waals surface area contributed by atoms with Gasteiger partial charge in [-0.3, -0.25) is 0 Å². The molecule has 0 saturated carbocycles. The Morgan fingerprint density at radius 1 is 1.19 bits per heavy atom. The van der Waals surface area contributed by atoms with Crippen molar-refractivity contribution < 1.29 is 17.2 Å². The summed E-state index contributed by atoms with van der Waals surface area (Å²) in [7, 11) is -3.58. The first-order chi connectivity index (χ1) is 14.5. The van der Waals surface area contributed by atoms with E-state index in [2.05, 4.69) is 30.0 Å². The third kappa shape index (κ3) is 5.53. The van der Waals surface area contributed by atoms with Gasteiger partial charge in [0, 0.05) is 29.7 Å². The minimum absolute atomic E-state index is 0.130. The second-order valence-electron chi connectivity index (χ2n) is 8.38. The molecule has 3 aromatic rings. The topological polar surface area (TPSA) is 113 Å². The Labute approximate surface area is 180 Å². The van der Waals surface area contributed by atoms with Crippen LogP contribution in [0, 0.1) is 17.0 Å². The number of H-pyrrole nitrogens is 1. The fraction of sp³-hybridized carbons (Fsp3) is 0.450. The lowest BCUT2D eigenvalue weighted by Crippen LogP contribution is -2.44. The van der Waals surface area contributed by atoms with E-state index >= 15 is 0 Å². The standard InChI is InChI=1S/C20H26F2N6O2S/c1-5-6-26-31(29,30)11-16(20(2,3)4)27-19-15(22)10-25-18(28-19)14-9-24-17-13(14)7-12(21)8-23-17/h7-10,16,26H,5-6,11H2,1-4H3,(H,23,24)(H,25,27,28). The van der Waals surface area contributed by atoms with E-state index in [4.69, 9.17) is 0 Å². The van der Waals surface area contributed by atoms with Crippen molar-refractivity contribution in [3.63, 3.8) is 0 Å². The zero-order chi connectivity index (χ0) is 22.8. The summed E-state index contributed by atoms with van der Waals surface area (Å²) in [6.45, 7) is 7.76. The summed E-state index contributed by atoms with van der Waals surface area (Å²) in [6.07, 6.45) is 4.31. The molecular formula is C20H26F2N6O2S. The summed E-state index contributed by atoms with van der Waals surface area (Å²) in [5.41, 5.74) is 0.376. The molecule has 3 rings (SSSR count). The van der Waals surface area contributed by atoms with Gasteiger partial charge in [0.15, 0.2) is 17.5 Å². The maximum absolute atomic E-state index is 14.5. The third-order valence-corrected chi connectivity index (χ3v) is 6.21. The van der Waals surface area contributed by atoms with E-state index in [1.54, 1.807) is 6.20 Å². The van der Waals surface area contributed by atoms with Gasteiger partial charge < -0.3 is 10.3 Å². The summed E-state index contributed by atoms with van der Waals surface area (Å²) < 4.78 is 55.6. The number of aromatic nitrogens is 4. The van der Waals surface area contributed by atoms with Crippen molar-refractivity contribution in [2.24, 2.45) is 5.41 Å². The lowest BCUT2D eigenvalue weighted by molar-refractivity contribution is 0.357. The average Bonchev–Trinajstić information content (AvgIpc) is 3.09. The van der Waals surface area contributed by atoms with E-state index in [-0.39, 0.29) is 17.4 Å². The number of hydrogen-bond donors (Lipinski definition) is 3. The maximum Gasteiger partial charge on any atom is 0.213 e. The molecule has 0 aliphatic rings. The summed E-state index contributed by atoms with van der Waals surface area (Å²) in [5.74, 6) is -1.47. The zero-order valence-electron chi connectivity index (χ0n) is 17.8. The van der Waals surface area contributed by atoms with Crippen LogP contribution in [0.4, 0.5) is 14.6 Å². The Bertz CT molecular complexity index is 1170. The molecule has 8 nitrogen and oxygen atoms in total. The molecule has 168 valence electrons. The SMILES string of the molecule is CCCNS(=O)(=O)CC(Nc1nc(-c2c[nH]c3ncc(F)cc23)ncc1F)C(C)(C)C. The molecule has 0 fully saturated rings. The normalized spacial score (nSPS) is 13.5. The van der Waals surface area contributed by atoms with Crippen LogP contribution in [-0.4, -0.2) is 46.7 Å². The second kappa shape index (κ2) is 8.83. The predicted molar refractivity (Wildman–Crippen MR) is 116 cm³/mol. The lowest BCUT2D eigenvalue weighted by Gasteiger charge is -2.31. The number of hydrogen-bond acceptors (Lipinski definition) is 6. The maximum atomic E-state index is 14.5. The van der Waals surface area contributed by atoms with Crippen molar-refractivity contribution >= 4 is 26.9 Å². The van der Waals surface area contributed by atoms with Gasteiger partial charge >= 0.3 is 0 Å². The van der Waals surface area contributed by atoms with Gasteiger partial charge in [-0.15, -0.1) is 0 Å². The van der Waals surface area contributed by atoms with Crippen LogP contribution in [0.3, 0.4) is 0 Å². The van der Waals surface area contributed by atoms with Crippen molar-refractivity contribution in [3.8, 4) is 11.4 Å². The van der Waals surface area contributed by atoms with Gasteiger partial charge in [0.25, 0.3) is 0 Å². The minimum atomic E-state index is -3.58. The van der Waals surface area contributed by atoms with Crippen LogP contribution in [-0.2, 0) is 10.0 Å².